The van der Waals surface area contributed by atoms with Gasteiger partial charge in [0.25, 0.3) is 0 Å². The fourth-order valence-corrected chi connectivity index (χ4v) is 1.46. The van der Waals surface area contributed by atoms with Crippen molar-refractivity contribution in [2.24, 2.45) is 0 Å². The number of amides is 1. The molecule has 0 saturated carbocycles. The van der Waals surface area contributed by atoms with Crippen LogP contribution in [0, 0.1) is 5.82 Å². The summed E-state index contributed by atoms with van der Waals surface area (Å²) in [5.41, 5.74) is -1.36. The molecule has 0 aliphatic carbocycles. The van der Waals surface area contributed by atoms with Crippen molar-refractivity contribution >= 4 is 29.4 Å². The van der Waals surface area contributed by atoms with Crippen molar-refractivity contribution in [1.82, 2.24) is 0 Å². The van der Waals surface area contributed by atoms with Gasteiger partial charge in [0.2, 0.25) is 0 Å². The van der Waals surface area contributed by atoms with Crippen LogP contribution in [0.3, 0.4) is 0 Å². The SMILES string of the molecule is CC(C)(C)OC(=O)Nc1cc(Cl)c(C(=O)O)cc1F. The van der Waals surface area contributed by atoms with Crippen LogP contribution in [0.2, 0.25) is 5.02 Å². The van der Waals surface area contributed by atoms with Crippen molar-refractivity contribution in [3.05, 3.63) is 28.5 Å². The maximum atomic E-state index is 13.6. The number of carboxylic acid groups (broad SMARTS) is 1. The molecule has 0 atom stereocenters. The molecule has 0 heterocycles. The highest BCUT2D eigenvalue weighted by molar-refractivity contribution is 6.33. The lowest BCUT2D eigenvalue weighted by atomic mass is 10.2. The van der Waals surface area contributed by atoms with E-state index in [9.17, 15) is 14.0 Å². The van der Waals surface area contributed by atoms with E-state index in [1.54, 1.807) is 20.8 Å². The number of halogens is 2. The van der Waals surface area contributed by atoms with E-state index in [0.717, 1.165) is 12.1 Å². The second-order valence-electron chi connectivity index (χ2n) is 4.74. The van der Waals surface area contributed by atoms with Crippen LogP contribution < -0.4 is 5.32 Å². The van der Waals surface area contributed by atoms with Gasteiger partial charge in [0.05, 0.1) is 16.3 Å². The fraction of sp³-hybridized carbons (Fsp3) is 0.333. The number of carbonyl (C=O) groups is 2. The molecule has 0 spiro atoms. The van der Waals surface area contributed by atoms with Crippen LogP contribution in [0.25, 0.3) is 0 Å². The zero-order valence-corrected chi connectivity index (χ0v) is 11.3. The third kappa shape index (κ3) is 4.40. The minimum atomic E-state index is -1.35. The molecule has 0 aliphatic rings. The molecule has 0 aliphatic heterocycles. The predicted octanol–water partition coefficient (Wildman–Crippen LogP) is 3.52. The van der Waals surface area contributed by atoms with Crippen LogP contribution in [0.1, 0.15) is 31.1 Å². The van der Waals surface area contributed by atoms with Crippen LogP contribution in [-0.2, 0) is 4.74 Å². The molecule has 2 N–H and O–H groups in total. The van der Waals surface area contributed by atoms with Gasteiger partial charge in [-0.1, -0.05) is 11.6 Å². The molecule has 0 saturated heterocycles. The number of hydrogen-bond donors (Lipinski definition) is 2. The Hall–Kier alpha value is -1.82. The molecule has 104 valence electrons. The third-order valence-electron chi connectivity index (χ3n) is 1.92. The van der Waals surface area contributed by atoms with Gasteiger partial charge in [-0.15, -0.1) is 0 Å². The van der Waals surface area contributed by atoms with Crippen molar-refractivity contribution in [2.75, 3.05) is 5.32 Å². The third-order valence-corrected chi connectivity index (χ3v) is 2.24. The molecule has 5 nitrogen and oxygen atoms in total. The monoisotopic (exact) mass is 289 g/mol. The molecule has 0 bridgehead atoms. The molecular formula is C12H13ClFNO4. The van der Waals surface area contributed by atoms with Crippen molar-refractivity contribution in [3.63, 3.8) is 0 Å². The summed E-state index contributed by atoms with van der Waals surface area (Å²) in [6.07, 6.45) is -0.856. The van der Waals surface area contributed by atoms with E-state index < -0.39 is 23.5 Å². The smallest absolute Gasteiger partial charge is 0.412 e. The number of ether oxygens (including phenoxy) is 1. The topological polar surface area (TPSA) is 75.6 Å². The normalized spacial score (nSPS) is 11.0. The van der Waals surface area contributed by atoms with Gasteiger partial charge >= 0.3 is 12.1 Å². The molecular weight excluding hydrogens is 277 g/mol. The summed E-state index contributed by atoms with van der Waals surface area (Å²) in [6, 6.07) is 1.75. The predicted molar refractivity (Wildman–Crippen MR) is 68.2 cm³/mol. The van der Waals surface area contributed by atoms with Gasteiger partial charge in [0, 0.05) is 0 Å². The number of hydrogen-bond acceptors (Lipinski definition) is 3. The highest BCUT2D eigenvalue weighted by Gasteiger charge is 2.19. The molecule has 1 aromatic rings. The van der Waals surface area contributed by atoms with E-state index in [1.165, 1.54) is 0 Å². The Morgan fingerprint density at radius 2 is 1.95 bits per heavy atom. The lowest BCUT2D eigenvalue weighted by molar-refractivity contribution is 0.0634. The fourth-order valence-electron chi connectivity index (χ4n) is 1.22. The summed E-state index contributed by atoms with van der Waals surface area (Å²) in [7, 11) is 0. The molecule has 0 unspecified atom stereocenters. The van der Waals surface area contributed by atoms with Crippen LogP contribution in [0.15, 0.2) is 12.1 Å². The van der Waals surface area contributed by atoms with Gasteiger partial charge in [-0.2, -0.15) is 0 Å². The van der Waals surface area contributed by atoms with Gasteiger partial charge in [-0.05, 0) is 32.9 Å². The Labute approximate surface area is 114 Å². The first-order valence-corrected chi connectivity index (χ1v) is 5.70. The number of carboxylic acids is 1. The van der Waals surface area contributed by atoms with E-state index in [1.807, 2.05) is 0 Å². The summed E-state index contributed by atoms with van der Waals surface area (Å²) in [5.74, 6) is -2.26. The lowest BCUT2D eigenvalue weighted by Crippen LogP contribution is -2.27. The maximum absolute atomic E-state index is 13.6. The number of anilines is 1. The van der Waals surface area contributed by atoms with Crippen molar-refractivity contribution in [2.45, 2.75) is 26.4 Å². The summed E-state index contributed by atoms with van der Waals surface area (Å²) in [4.78, 5) is 22.2. The Morgan fingerprint density at radius 1 is 1.37 bits per heavy atom. The molecule has 7 heteroatoms. The van der Waals surface area contributed by atoms with Crippen molar-refractivity contribution < 1.29 is 23.8 Å². The van der Waals surface area contributed by atoms with E-state index >= 15 is 0 Å². The molecule has 0 aromatic heterocycles. The number of rotatable bonds is 2. The minimum Gasteiger partial charge on any atom is -0.478 e. The van der Waals surface area contributed by atoms with Gasteiger partial charge < -0.3 is 9.84 Å². The highest BCUT2D eigenvalue weighted by Crippen LogP contribution is 2.25. The molecule has 0 fully saturated rings. The Bertz CT molecular complexity index is 525. The molecule has 1 aromatic carbocycles. The second kappa shape index (κ2) is 5.44. The molecule has 1 amide bonds. The van der Waals surface area contributed by atoms with E-state index in [4.69, 9.17) is 21.4 Å². The van der Waals surface area contributed by atoms with Gasteiger partial charge in [0.15, 0.2) is 0 Å². The quantitative estimate of drug-likeness (QED) is 0.873. The number of benzene rings is 1. The van der Waals surface area contributed by atoms with Crippen molar-refractivity contribution in [1.29, 1.82) is 0 Å². The maximum Gasteiger partial charge on any atom is 0.412 e. The van der Waals surface area contributed by atoms with Crippen molar-refractivity contribution in [3.8, 4) is 0 Å². The van der Waals surface area contributed by atoms with Gasteiger partial charge in [-0.25, -0.2) is 14.0 Å². The van der Waals surface area contributed by atoms with Crippen LogP contribution in [0.5, 0.6) is 0 Å². The first-order valence-electron chi connectivity index (χ1n) is 5.32. The summed E-state index contributed by atoms with van der Waals surface area (Å²) in [5, 5.41) is 10.7. The standard InChI is InChI=1S/C12H13ClFNO4/c1-12(2,3)19-11(18)15-9-5-7(13)6(10(16)17)4-8(9)14/h4-5H,1-3H3,(H,15,18)(H,16,17). The van der Waals surface area contributed by atoms with Crippen LogP contribution >= 0.6 is 11.6 Å². The average molecular weight is 290 g/mol. The summed E-state index contributed by atoms with van der Waals surface area (Å²) in [6.45, 7) is 4.97. The van der Waals surface area contributed by atoms with Gasteiger partial charge in [-0.3, -0.25) is 5.32 Å². The first-order chi connectivity index (χ1) is 8.60. The highest BCUT2D eigenvalue weighted by atomic mass is 35.5. The molecule has 19 heavy (non-hydrogen) atoms. The Balaban J connectivity index is 2.95. The van der Waals surface area contributed by atoms with Gasteiger partial charge in [0.1, 0.15) is 11.4 Å². The summed E-state index contributed by atoms with van der Waals surface area (Å²) < 4.78 is 18.5. The van der Waals surface area contributed by atoms with Crippen LogP contribution in [-0.4, -0.2) is 22.8 Å². The largest absolute Gasteiger partial charge is 0.478 e. The van der Waals surface area contributed by atoms with Crippen LogP contribution in [0.4, 0.5) is 14.9 Å². The number of aromatic carboxylic acids is 1. The zero-order chi connectivity index (χ0) is 14.8. The molecule has 0 radical (unpaired) electrons. The van der Waals surface area contributed by atoms with E-state index in [-0.39, 0.29) is 16.3 Å². The zero-order valence-electron chi connectivity index (χ0n) is 10.6. The Kier molecular flexibility index (Phi) is 4.36. The average Bonchev–Trinajstić information content (AvgIpc) is 2.19. The molecule has 1 rings (SSSR count). The summed E-state index contributed by atoms with van der Waals surface area (Å²) >= 11 is 5.67. The number of nitrogens with one attached hydrogen (secondary N) is 1. The Morgan fingerprint density at radius 3 is 2.42 bits per heavy atom. The van der Waals surface area contributed by atoms with E-state index in [2.05, 4.69) is 5.32 Å². The van der Waals surface area contributed by atoms with E-state index in [0.29, 0.717) is 0 Å². The minimum absolute atomic E-state index is 0.181. The number of carbonyl (C=O) groups excluding carboxylic acids is 1. The second-order valence-corrected chi connectivity index (χ2v) is 5.15. The lowest BCUT2D eigenvalue weighted by Gasteiger charge is -2.20. The first kappa shape index (κ1) is 15.2.